The van der Waals surface area contributed by atoms with Gasteiger partial charge in [-0.1, -0.05) is 78.3 Å². The van der Waals surface area contributed by atoms with Crippen molar-refractivity contribution in [3.05, 3.63) is 136 Å². The van der Waals surface area contributed by atoms with Crippen molar-refractivity contribution >= 4 is 27.6 Å². The number of pyridine rings is 1. The van der Waals surface area contributed by atoms with Crippen LogP contribution in [0.5, 0.6) is 0 Å². The second-order valence-electron chi connectivity index (χ2n) is 12.2. The lowest BCUT2D eigenvalue weighted by molar-refractivity contribution is -0.676. The Labute approximate surface area is 294 Å². The van der Waals surface area contributed by atoms with Crippen LogP contribution in [0.25, 0.3) is 33.6 Å². The minimum Gasteiger partial charge on any atom is -0.741 e. The quantitative estimate of drug-likeness (QED) is 0.0798. The molecule has 258 valence electrons. The van der Waals surface area contributed by atoms with E-state index in [-0.39, 0.29) is 5.91 Å². The van der Waals surface area contributed by atoms with Crippen molar-refractivity contribution in [2.45, 2.75) is 50.6 Å². The molecular weight excluding hydrogens is 685 g/mol. The van der Waals surface area contributed by atoms with Crippen LogP contribution in [0.2, 0.25) is 5.02 Å². The number of nitrogens with zero attached hydrogens (tertiary/aromatic N) is 1. The highest BCUT2D eigenvalue weighted by atomic mass is 35.5. The molecule has 0 spiro atoms. The van der Waals surface area contributed by atoms with Crippen molar-refractivity contribution in [2.75, 3.05) is 6.54 Å². The standard InChI is InChI=1S/C38H33ClN2O.CHF3O3S/c39-30-20-16-29(17-21-30)38(42)40-24-8-9-25-41-36-31-14-6-4-10-26(31)18-22-33(36)35(28-12-2-1-3-13-28)34-23-19-27-11-5-7-15-32(27)37(34)41;2-1(3,4)8(5,6)7/h1-7,10-17,20-21H,8-9,18-19,22-25H2;(H,5,6,7). The number of aromatic nitrogens is 1. The fourth-order valence-corrected chi connectivity index (χ4v) is 7.02. The maximum Gasteiger partial charge on any atom is 0.485 e. The van der Waals surface area contributed by atoms with E-state index in [4.69, 9.17) is 24.6 Å². The number of fused-ring (bicyclic) bond motifs is 6. The van der Waals surface area contributed by atoms with Crippen LogP contribution in [-0.2, 0) is 42.3 Å². The predicted octanol–water partition coefficient (Wildman–Crippen LogP) is 8.09. The molecule has 0 saturated carbocycles. The van der Waals surface area contributed by atoms with E-state index in [1.807, 2.05) is 0 Å². The molecule has 4 aromatic carbocycles. The first kappa shape index (κ1) is 35.3. The molecule has 11 heteroatoms. The molecule has 0 bridgehead atoms. The number of amides is 1. The van der Waals surface area contributed by atoms with Crippen LogP contribution >= 0.6 is 11.6 Å². The van der Waals surface area contributed by atoms with Gasteiger partial charge in [0, 0.05) is 51.4 Å². The fourth-order valence-electron chi connectivity index (χ4n) is 6.89. The van der Waals surface area contributed by atoms with Crippen LogP contribution in [0.3, 0.4) is 0 Å². The van der Waals surface area contributed by atoms with Gasteiger partial charge in [-0.15, -0.1) is 0 Å². The van der Waals surface area contributed by atoms with E-state index >= 15 is 0 Å². The molecule has 6 nitrogen and oxygen atoms in total. The molecule has 1 heterocycles. The third-order valence-electron chi connectivity index (χ3n) is 9.10. The Morgan fingerprint density at radius 1 is 0.740 bits per heavy atom. The van der Waals surface area contributed by atoms with Crippen molar-refractivity contribution in [3.63, 3.8) is 0 Å². The van der Waals surface area contributed by atoms with Gasteiger partial charge in [-0.05, 0) is 85.2 Å². The third kappa shape index (κ3) is 7.47. The number of rotatable bonds is 7. The topological polar surface area (TPSA) is 90.2 Å². The summed E-state index contributed by atoms with van der Waals surface area (Å²) in [4.78, 5) is 12.7. The van der Waals surface area contributed by atoms with Gasteiger partial charge in [-0.2, -0.15) is 17.7 Å². The summed E-state index contributed by atoms with van der Waals surface area (Å²) >= 11 is 5.99. The molecule has 0 unspecified atom stereocenters. The SMILES string of the molecule is O=C(NCCCC[n+]1c2c(c(-c3ccccc3)c3c1-c1ccccc1CC3)CCc1ccccc1-2)c1ccc(Cl)cc1.O=S(=O)([O-])C(F)(F)F. The number of unbranched alkanes of at least 4 members (excludes halogenated alkanes) is 1. The van der Waals surface area contributed by atoms with Gasteiger partial charge in [-0.25, -0.2) is 8.42 Å². The predicted molar refractivity (Wildman–Crippen MR) is 187 cm³/mol. The summed E-state index contributed by atoms with van der Waals surface area (Å²) in [5.41, 5.74) is 9.03. The molecule has 0 atom stereocenters. The normalized spacial score (nSPS) is 13.1. The van der Waals surface area contributed by atoms with E-state index in [1.54, 1.807) is 24.3 Å². The minimum absolute atomic E-state index is 0.0517. The first-order valence-corrected chi connectivity index (χ1v) is 18.1. The zero-order chi connectivity index (χ0) is 35.5. The lowest BCUT2D eigenvalue weighted by atomic mass is 9.77. The van der Waals surface area contributed by atoms with E-state index in [9.17, 15) is 18.0 Å². The van der Waals surface area contributed by atoms with Crippen molar-refractivity contribution < 1.29 is 35.5 Å². The molecule has 2 aliphatic rings. The molecule has 5 aromatic rings. The largest absolute Gasteiger partial charge is 0.741 e. The van der Waals surface area contributed by atoms with Crippen molar-refractivity contribution in [3.8, 4) is 33.6 Å². The summed E-state index contributed by atoms with van der Waals surface area (Å²) in [6, 6.07) is 36.0. The molecule has 1 N–H and O–H groups in total. The molecule has 2 aliphatic carbocycles. The number of aryl methyl sites for hydroxylation is 2. The van der Waals surface area contributed by atoms with Gasteiger partial charge in [0.05, 0.1) is 0 Å². The van der Waals surface area contributed by atoms with E-state index in [0.29, 0.717) is 17.1 Å². The van der Waals surface area contributed by atoms with Gasteiger partial charge in [0.1, 0.15) is 6.54 Å². The molecule has 1 amide bonds. The Hall–Kier alpha value is -4.51. The third-order valence-corrected chi connectivity index (χ3v) is 9.91. The first-order valence-electron chi connectivity index (χ1n) is 16.3. The zero-order valence-electron chi connectivity index (χ0n) is 27.0. The number of nitrogens with one attached hydrogen (secondary N) is 1. The lowest BCUT2D eigenvalue weighted by Crippen LogP contribution is -2.43. The summed E-state index contributed by atoms with van der Waals surface area (Å²) in [6.45, 7) is 1.54. The van der Waals surface area contributed by atoms with Gasteiger partial charge in [-0.3, -0.25) is 4.79 Å². The maximum atomic E-state index is 12.7. The highest BCUT2D eigenvalue weighted by Crippen LogP contribution is 2.44. The highest BCUT2D eigenvalue weighted by molar-refractivity contribution is 7.86. The summed E-state index contributed by atoms with van der Waals surface area (Å²) in [6.07, 6.45) is 6.09. The number of hydrogen-bond donors (Lipinski definition) is 1. The number of hydrogen-bond acceptors (Lipinski definition) is 4. The molecule has 0 fully saturated rings. The Kier molecular flexibility index (Phi) is 10.4. The Bertz CT molecular complexity index is 2060. The molecular formula is C39H34ClF3N2O4S. The number of benzene rings is 4. The smallest absolute Gasteiger partial charge is 0.485 e. The van der Waals surface area contributed by atoms with Gasteiger partial charge in [0.25, 0.3) is 5.91 Å². The summed E-state index contributed by atoms with van der Waals surface area (Å²) < 4.78 is 61.5. The number of halogens is 4. The van der Waals surface area contributed by atoms with E-state index in [0.717, 1.165) is 45.1 Å². The second kappa shape index (κ2) is 14.8. The summed E-state index contributed by atoms with van der Waals surface area (Å²) in [5.74, 6) is -0.0517. The molecule has 0 radical (unpaired) electrons. The molecule has 0 aliphatic heterocycles. The summed E-state index contributed by atoms with van der Waals surface area (Å²) in [5, 5.41) is 3.74. The number of carbonyl (C=O) groups excluding carboxylic acids is 1. The van der Waals surface area contributed by atoms with Crippen LogP contribution in [0.4, 0.5) is 13.2 Å². The number of carbonyl (C=O) groups is 1. The van der Waals surface area contributed by atoms with Gasteiger partial charge in [0.2, 0.25) is 11.4 Å². The Balaban J connectivity index is 0.000000485. The van der Waals surface area contributed by atoms with E-state index in [1.165, 1.54) is 55.9 Å². The summed E-state index contributed by atoms with van der Waals surface area (Å²) in [7, 11) is -6.09. The minimum atomic E-state index is -6.09. The second-order valence-corrected chi connectivity index (χ2v) is 14.0. The Morgan fingerprint density at radius 2 is 1.24 bits per heavy atom. The average Bonchev–Trinajstić information content (AvgIpc) is 3.10. The van der Waals surface area contributed by atoms with Crippen LogP contribution in [-0.4, -0.2) is 30.9 Å². The van der Waals surface area contributed by atoms with Crippen molar-refractivity contribution in [1.82, 2.24) is 5.32 Å². The fraction of sp³-hybridized carbons (Fsp3) is 0.231. The first-order chi connectivity index (χ1) is 23.9. The molecule has 50 heavy (non-hydrogen) atoms. The van der Waals surface area contributed by atoms with Crippen molar-refractivity contribution in [2.24, 2.45) is 0 Å². The van der Waals surface area contributed by atoms with Crippen LogP contribution in [0.1, 0.15) is 45.5 Å². The molecule has 1 aromatic heterocycles. The zero-order valence-corrected chi connectivity index (χ0v) is 28.5. The Morgan fingerprint density at radius 3 is 1.76 bits per heavy atom. The van der Waals surface area contributed by atoms with Gasteiger partial charge in [0.15, 0.2) is 10.1 Å². The molecule has 0 saturated heterocycles. The number of alkyl halides is 3. The monoisotopic (exact) mass is 718 g/mol. The van der Waals surface area contributed by atoms with E-state index in [2.05, 4.69) is 88.7 Å². The van der Waals surface area contributed by atoms with Crippen LogP contribution in [0.15, 0.2) is 103 Å². The van der Waals surface area contributed by atoms with Gasteiger partial charge >= 0.3 is 5.51 Å². The van der Waals surface area contributed by atoms with Gasteiger partial charge < -0.3 is 9.87 Å². The average molecular weight is 719 g/mol. The van der Waals surface area contributed by atoms with E-state index < -0.39 is 15.6 Å². The lowest BCUT2D eigenvalue weighted by Gasteiger charge is -2.28. The highest BCUT2D eigenvalue weighted by Gasteiger charge is 2.38. The molecule has 7 rings (SSSR count). The van der Waals surface area contributed by atoms with Crippen LogP contribution < -0.4 is 9.88 Å². The van der Waals surface area contributed by atoms with Crippen LogP contribution in [0, 0.1) is 0 Å². The van der Waals surface area contributed by atoms with Crippen molar-refractivity contribution in [1.29, 1.82) is 0 Å². The maximum absolute atomic E-state index is 12.7.